The Hall–Kier alpha value is -2.56. The van der Waals surface area contributed by atoms with Crippen LogP contribution in [-0.2, 0) is 6.18 Å². The average Bonchev–Trinajstić information content (AvgIpc) is 3.05. The van der Waals surface area contributed by atoms with Crippen molar-refractivity contribution in [3.05, 3.63) is 35.5 Å². The van der Waals surface area contributed by atoms with E-state index in [1.165, 1.54) is 24.6 Å². The minimum Gasteiger partial charge on any atom is -0.353 e. The first-order valence-corrected chi connectivity index (χ1v) is 8.18. The summed E-state index contributed by atoms with van der Waals surface area (Å²) in [5, 5.41) is 17.5. The molecule has 132 valence electrons. The van der Waals surface area contributed by atoms with Crippen molar-refractivity contribution in [3.8, 4) is 11.8 Å². The molecule has 0 unspecified atom stereocenters. The van der Waals surface area contributed by atoms with Crippen molar-refractivity contribution in [1.29, 1.82) is 5.26 Å². The van der Waals surface area contributed by atoms with Crippen LogP contribution in [0.5, 0.6) is 0 Å². The molecule has 1 aromatic carbocycles. The van der Waals surface area contributed by atoms with Crippen molar-refractivity contribution < 1.29 is 13.2 Å². The molecule has 1 fully saturated rings. The fraction of sp³-hybridized carbons (Fsp3) is 0.471. The highest BCUT2D eigenvalue weighted by Gasteiger charge is 2.35. The van der Waals surface area contributed by atoms with Gasteiger partial charge in [-0.25, -0.2) is 0 Å². The number of rotatable bonds is 3. The molecule has 0 radical (unpaired) electrons. The van der Waals surface area contributed by atoms with Crippen LogP contribution >= 0.6 is 0 Å². The average molecular weight is 349 g/mol. The summed E-state index contributed by atoms with van der Waals surface area (Å²) in [5.74, 6) is 0.325. The van der Waals surface area contributed by atoms with Gasteiger partial charge in [-0.15, -0.1) is 15.0 Å². The molecule has 25 heavy (non-hydrogen) atoms. The molecule has 8 heteroatoms. The second-order valence-electron chi connectivity index (χ2n) is 6.19. The fourth-order valence-corrected chi connectivity index (χ4v) is 3.25. The summed E-state index contributed by atoms with van der Waals surface area (Å²) in [4.78, 5) is 2.79. The summed E-state index contributed by atoms with van der Waals surface area (Å²) in [6.07, 6.45) is 0.818. The summed E-state index contributed by atoms with van der Waals surface area (Å²) in [6.45, 7) is 0. The summed E-state index contributed by atoms with van der Waals surface area (Å²) in [5.41, 5.74) is -0.985. The number of hydrogen-bond donors (Lipinski definition) is 0. The molecule has 0 bridgehead atoms. The number of alkyl halides is 3. The molecule has 1 aliphatic carbocycles. The standard InChI is InChI=1S/C17H18F3N5/c1-24(12-7-3-2-4-8-12)16-14(11-21)22-25(23-16)15-10-6-5-9-13(15)17(18,19)20/h5-6,9-10,12H,2-4,7-8H2,1H3. The molecule has 0 N–H and O–H groups in total. The number of anilines is 1. The molecule has 0 amide bonds. The maximum absolute atomic E-state index is 13.2. The fourth-order valence-electron chi connectivity index (χ4n) is 3.25. The normalized spacial score (nSPS) is 15.8. The van der Waals surface area contributed by atoms with Gasteiger partial charge in [0.2, 0.25) is 5.69 Å². The molecular formula is C17H18F3N5. The van der Waals surface area contributed by atoms with Crippen LogP contribution in [0.25, 0.3) is 5.69 Å². The zero-order valence-corrected chi connectivity index (χ0v) is 13.8. The second-order valence-corrected chi connectivity index (χ2v) is 6.19. The maximum Gasteiger partial charge on any atom is 0.418 e. The van der Waals surface area contributed by atoms with Crippen LogP contribution in [0.4, 0.5) is 19.0 Å². The van der Waals surface area contributed by atoms with Crippen molar-refractivity contribution in [1.82, 2.24) is 15.0 Å². The van der Waals surface area contributed by atoms with Crippen LogP contribution in [0.1, 0.15) is 43.4 Å². The minimum absolute atomic E-state index is 0.0325. The Morgan fingerprint density at radius 2 is 1.84 bits per heavy atom. The van der Waals surface area contributed by atoms with Gasteiger partial charge in [-0.2, -0.15) is 18.4 Å². The molecular weight excluding hydrogens is 331 g/mol. The Morgan fingerprint density at radius 3 is 2.48 bits per heavy atom. The molecule has 1 aliphatic rings. The van der Waals surface area contributed by atoms with E-state index in [1.807, 2.05) is 18.0 Å². The maximum atomic E-state index is 13.2. The Kier molecular flexibility index (Phi) is 4.66. The number of nitriles is 1. The first-order chi connectivity index (χ1) is 11.9. The Morgan fingerprint density at radius 1 is 1.16 bits per heavy atom. The third-order valence-electron chi connectivity index (χ3n) is 4.58. The Labute approximate surface area is 143 Å². The third kappa shape index (κ3) is 3.45. The molecule has 1 heterocycles. The zero-order valence-electron chi connectivity index (χ0n) is 13.8. The van der Waals surface area contributed by atoms with Crippen molar-refractivity contribution in [3.63, 3.8) is 0 Å². The third-order valence-corrected chi connectivity index (χ3v) is 4.58. The van der Waals surface area contributed by atoms with E-state index in [9.17, 15) is 18.4 Å². The molecule has 0 spiro atoms. The van der Waals surface area contributed by atoms with Crippen LogP contribution in [0.2, 0.25) is 0 Å². The lowest BCUT2D eigenvalue weighted by atomic mass is 9.94. The van der Waals surface area contributed by atoms with Crippen molar-refractivity contribution in [2.75, 3.05) is 11.9 Å². The number of aromatic nitrogens is 3. The van der Waals surface area contributed by atoms with Gasteiger partial charge >= 0.3 is 6.18 Å². The van der Waals surface area contributed by atoms with Crippen LogP contribution < -0.4 is 4.90 Å². The topological polar surface area (TPSA) is 57.7 Å². The monoisotopic (exact) mass is 349 g/mol. The molecule has 2 aromatic rings. The lowest BCUT2D eigenvalue weighted by Gasteiger charge is -2.31. The van der Waals surface area contributed by atoms with Gasteiger partial charge < -0.3 is 4.90 Å². The molecule has 0 saturated heterocycles. The number of nitrogens with zero attached hydrogens (tertiary/aromatic N) is 5. The Balaban J connectivity index is 2.01. The molecule has 3 rings (SSSR count). The summed E-state index contributed by atoms with van der Waals surface area (Å²) in [7, 11) is 1.82. The summed E-state index contributed by atoms with van der Waals surface area (Å²) < 4.78 is 39.7. The van der Waals surface area contributed by atoms with Gasteiger partial charge in [0.15, 0.2) is 5.82 Å². The van der Waals surface area contributed by atoms with E-state index >= 15 is 0 Å². The number of halogens is 3. The van der Waals surface area contributed by atoms with Crippen molar-refractivity contribution in [2.24, 2.45) is 0 Å². The molecule has 1 saturated carbocycles. The minimum atomic E-state index is -4.52. The molecule has 0 aliphatic heterocycles. The lowest BCUT2D eigenvalue weighted by molar-refractivity contribution is -0.137. The lowest BCUT2D eigenvalue weighted by Crippen LogP contribution is -2.34. The van der Waals surface area contributed by atoms with Crippen molar-refractivity contribution >= 4 is 5.82 Å². The van der Waals surface area contributed by atoms with Crippen LogP contribution in [0.3, 0.4) is 0 Å². The van der Waals surface area contributed by atoms with E-state index in [4.69, 9.17) is 0 Å². The first-order valence-electron chi connectivity index (χ1n) is 8.18. The smallest absolute Gasteiger partial charge is 0.353 e. The second kappa shape index (κ2) is 6.75. The quantitative estimate of drug-likeness (QED) is 0.842. The SMILES string of the molecule is CN(c1nn(-c2ccccc2C(F)(F)F)nc1C#N)C1CCCCC1. The predicted octanol–water partition coefficient (Wildman–Crippen LogP) is 3.93. The van der Waals surface area contributed by atoms with Gasteiger partial charge in [0, 0.05) is 13.1 Å². The summed E-state index contributed by atoms with van der Waals surface area (Å²) in [6, 6.07) is 7.26. The zero-order chi connectivity index (χ0) is 18.0. The number of hydrogen-bond acceptors (Lipinski definition) is 4. The predicted molar refractivity (Wildman–Crippen MR) is 86.4 cm³/mol. The van der Waals surface area contributed by atoms with Crippen LogP contribution in [0, 0.1) is 11.3 Å². The van der Waals surface area contributed by atoms with E-state index in [2.05, 4.69) is 10.2 Å². The van der Waals surface area contributed by atoms with E-state index in [0.717, 1.165) is 36.5 Å². The van der Waals surface area contributed by atoms with E-state index in [0.29, 0.717) is 5.82 Å². The van der Waals surface area contributed by atoms with Crippen molar-refractivity contribution in [2.45, 2.75) is 44.3 Å². The van der Waals surface area contributed by atoms with E-state index in [1.54, 1.807) is 0 Å². The van der Waals surface area contributed by atoms with Crippen LogP contribution in [-0.4, -0.2) is 28.1 Å². The first kappa shape index (κ1) is 17.3. The van der Waals surface area contributed by atoms with Gasteiger partial charge in [0.25, 0.3) is 0 Å². The van der Waals surface area contributed by atoms with Gasteiger partial charge in [0.05, 0.1) is 11.3 Å². The molecule has 0 atom stereocenters. The van der Waals surface area contributed by atoms with E-state index in [-0.39, 0.29) is 17.4 Å². The van der Waals surface area contributed by atoms with Gasteiger partial charge in [0.1, 0.15) is 6.07 Å². The number of benzene rings is 1. The molecule has 5 nitrogen and oxygen atoms in total. The molecule has 1 aromatic heterocycles. The van der Waals surface area contributed by atoms with Gasteiger partial charge in [-0.3, -0.25) is 0 Å². The van der Waals surface area contributed by atoms with E-state index < -0.39 is 11.7 Å². The Bertz CT molecular complexity index is 784. The summed E-state index contributed by atoms with van der Waals surface area (Å²) >= 11 is 0. The highest BCUT2D eigenvalue weighted by molar-refractivity contribution is 5.51. The highest BCUT2D eigenvalue weighted by Crippen LogP contribution is 2.34. The van der Waals surface area contributed by atoms with Gasteiger partial charge in [-0.1, -0.05) is 31.4 Å². The number of para-hydroxylation sites is 1. The largest absolute Gasteiger partial charge is 0.418 e. The van der Waals surface area contributed by atoms with Crippen LogP contribution in [0.15, 0.2) is 24.3 Å². The highest BCUT2D eigenvalue weighted by atomic mass is 19.4. The van der Waals surface area contributed by atoms with Gasteiger partial charge in [-0.05, 0) is 25.0 Å².